The summed E-state index contributed by atoms with van der Waals surface area (Å²) in [5.74, 6) is -0.614. The van der Waals surface area contributed by atoms with Crippen molar-refractivity contribution in [1.29, 1.82) is 0 Å². The van der Waals surface area contributed by atoms with E-state index >= 15 is 0 Å². The van der Waals surface area contributed by atoms with Crippen molar-refractivity contribution in [1.82, 2.24) is 15.3 Å². The zero-order chi connectivity index (χ0) is 28.1. The molecule has 1 aliphatic carbocycles. The number of oxazole rings is 1. The molecule has 1 amide bonds. The van der Waals surface area contributed by atoms with Crippen LogP contribution >= 0.6 is 0 Å². The topological polar surface area (TPSA) is 116 Å². The number of hydrogen-bond donors (Lipinski definition) is 2. The maximum absolute atomic E-state index is 12.9. The van der Waals surface area contributed by atoms with Crippen molar-refractivity contribution in [3.63, 3.8) is 0 Å². The van der Waals surface area contributed by atoms with Crippen molar-refractivity contribution < 1.29 is 23.3 Å². The third-order valence-electron chi connectivity index (χ3n) is 7.99. The third kappa shape index (κ3) is 4.73. The summed E-state index contributed by atoms with van der Waals surface area (Å²) in [5, 5.41) is 2.86. The minimum atomic E-state index is -0.715. The molecule has 2 N–H and O–H groups in total. The second-order valence-corrected chi connectivity index (χ2v) is 11.1. The fourth-order valence-electron chi connectivity index (χ4n) is 5.17. The number of carbonyl (C=O) groups is 1. The Morgan fingerprint density at radius 2 is 1.68 bits per heavy atom. The summed E-state index contributed by atoms with van der Waals surface area (Å²) >= 11 is 0. The van der Waals surface area contributed by atoms with E-state index in [9.17, 15) is 9.59 Å². The number of amides is 1. The first-order chi connectivity index (χ1) is 19.1. The Labute approximate surface area is 231 Å². The van der Waals surface area contributed by atoms with Gasteiger partial charge >= 0.3 is 19.0 Å². The Balaban J connectivity index is 1.19. The fraction of sp³-hybridized carbons (Fsp3) is 0.300. The largest absolute Gasteiger partial charge is 0.492 e. The van der Waals surface area contributed by atoms with E-state index in [4.69, 9.17) is 18.5 Å². The zero-order valence-electron chi connectivity index (χ0n) is 22.8. The minimum absolute atomic E-state index is 0.0370. The summed E-state index contributed by atoms with van der Waals surface area (Å²) in [7, 11) is -0.715. The van der Waals surface area contributed by atoms with Crippen molar-refractivity contribution in [3.8, 4) is 11.1 Å². The molecule has 1 aliphatic heterocycles. The van der Waals surface area contributed by atoms with Gasteiger partial charge in [-0.3, -0.25) is 4.98 Å². The highest BCUT2D eigenvalue weighted by Gasteiger charge is 2.52. The standard InChI is InChI=1S/C30H30BN3O6/c1-29(2)30(3,4)40-31(39-29)19(13-18-14-25-26(32-15-18)34-28(36)38-25)16-33-27(35)37-17-24-22-11-7-5-9-20(22)21-10-6-8-12-23(21)24/h5-15,24H,16-17H2,1-4H3,(H,33,35)(H,32,34,36). The molecule has 2 aliphatic rings. The molecule has 0 unspecified atom stereocenters. The van der Waals surface area contributed by atoms with Crippen LogP contribution in [0.2, 0.25) is 0 Å². The van der Waals surface area contributed by atoms with E-state index in [1.54, 1.807) is 12.3 Å². The van der Waals surface area contributed by atoms with Crippen molar-refractivity contribution in [3.05, 3.63) is 93.5 Å². The van der Waals surface area contributed by atoms with Gasteiger partial charge in [-0.25, -0.2) is 14.6 Å². The number of nitrogens with one attached hydrogen (secondary N) is 2. The van der Waals surface area contributed by atoms with Crippen LogP contribution in [-0.4, -0.2) is 47.5 Å². The van der Waals surface area contributed by atoms with Gasteiger partial charge in [-0.2, -0.15) is 0 Å². The zero-order valence-corrected chi connectivity index (χ0v) is 22.8. The van der Waals surface area contributed by atoms with Gasteiger partial charge < -0.3 is 23.8 Å². The molecular formula is C30H30BN3O6. The predicted octanol–water partition coefficient (Wildman–Crippen LogP) is 5.07. The quantitative estimate of drug-likeness (QED) is 0.329. The number of pyridine rings is 1. The Hall–Kier alpha value is -4.15. The number of nitrogens with zero attached hydrogens (tertiary/aromatic N) is 1. The average Bonchev–Trinajstić information content (AvgIpc) is 3.52. The molecule has 40 heavy (non-hydrogen) atoms. The van der Waals surface area contributed by atoms with Gasteiger partial charge in [0.05, 0.1) is 11.2 Å². The lowest BCUT2D eigenvalue weighted by Crippen LogP contribution is -2.41. The smallest absolute Gasteiger partial charge is 0.449 e. The number of rotatable bonds is 6. The van der Waals surface area contributed by atoms with E-state index in [0.717, 1.165) is 11.1 Å². The number of hydrogen-bond acceptors (Lipinski definition) is 7. The molecule has 9 nitrogen and oxygen atoms in total. The van der Waals surface area contributed by atoms with Gasteiger partial charge in [-0.05, 0) is 67.1 Å². The molecule has 10 heteroatoms. The van der Waals surface area contributed by atoms with Crippen LogP contribution in [-0.2, 0) is 14.0 Å². The summed E-state index contributed by atoms with van der Waals surface area (Å²) in [6.07, 6.45) is 2.87. The Bertz CT molecular complexity index is 1630. The van der Waals surface area contributed by atoms with Gasteiger partial charge in [0, 0.05) is 18.7 Å². The van der Waals surface area contributed by atoms with E-state index in [1.165, 1.54) is 11.1 Å². The van der Waals surface area contributed by atoms with Crippen LogP contribution in [0.1, 0.15) is 50.3 Å². The van der Waals surface area contributed by atoms with E-state index in [1.807, 2.05) is 58.0 Å². The van der Waals surface area contributed by atoms with Crippen LogP contribution in [0.5, 0.6) is 0 Å². The summed E-state index contributed by atoms with van der Waals surface area (Å²) in [6.45, 7) is 8.18. The van der Waals surface area contributed by atoms with Crippen LogP contribution in [0.4, 0.5) is 4.79 Å². The second kappa shape index (κ2) is 9.80. The molecule has 6 rings (SSSR count). The first-order valence-electron chi connectivity index (χ1n) is 13.3. The molecule has 2 aromatic carbocycles. The van der Waals surface area contributed by atoms with Crippen LogP contribution in [0.15, 0.2) is 75.5 Å². The van der Waals surface area contributed by atoms with Gasteiger partial charge in [-0.15, -0.1) is 0 Å². The van der Waals surface area contributed by atoms with Gasteiger partial charge in [0.2, 0.25) is 0 Å². The van der Waals surface area contributed by atoms with Crippen LogP contribution in [0, 0.1) is 0 Å². The lowest BCUT2D eigenvalue weighted by Gasteiger charge is -2.32. The summed E-state index contributed by atoms with van der Waals surface area (Å²) in [6, 6.07) is 18.1. The number of aromatic amines is 1. The molecule has 3 heterocycles. The van der Waals surface area contributed by atoms with E-state index < -0.39 is 30.2 Å². The minimum Gasteiger partial charge on any atom is -0.449 e. The third-order valence-corrected chi connectivity index (χ3v) is 7.99. The molecule has 0 radical (unpaired) electrons. The summed E-state index contributed by atoms with van der Waals surface area (Å²) in [5.41, 5.74) is 5.49. The Kier molecular flexibility index (Phi) is 6.39. The molecule has 0 atom stereocenters. The number of aromatic nitrogens is 2. The summed E-state index contributed by atoms with van der Waals surface area (Å²) in [4.78, 5) is 31.3. The second-order valence-electron chi connectivity index (χ2n) is 11.1. The van der Waals surface area contributed by atoms with Crippen LogP contribution < -0.4 is 11.1 Å². The molecule has 0 spiro atoms. The molecule has 1 saturated heterocycles. The fourth-order valence-corrected chi connectivity index (χ4v) is 5.17. The van der Waals surface area contributed by atoms with Gasteiger partial charge in [0.1, 0.15) is 6.61 Å². The van der Waals surface area contributed by atoms with Crippen LogP contribution in [0.25, 0.3) is 28.4 Å². The molecule has 204 valence electrons. The van der Waals surface area contributed by atoms with Crippen molar-refractivity contribution >= 4 is 30.5 Å². The monoisotopic (exact) mass is 539 g/mol. The normalized spacial score (nSPS) is 17.6. The first-order valence-corrected chi connectivity index (χ1v) is 13.3. The van der Waals surface area contributed by atoms with Gasteiger partial charge in [0.25, 0.3) is 0 Å². The van der Waals surface area contributed by atoms with E-state index in [-0.39, 0.29) is 19.1 Å². The lowest BCUT2D eigenvalue weighted by atomic mass is 9.77. The maximum Gasteiger partial charge on any atom is 0.492 e. The summed E-state index contributed by atoms with van der Waals surface area (Å²) < 4.78 is 23.4. The average molecular weight is 539 g/mol. The molecule has 4 aromatic rings. The number of ether oxygens (including phenoxy) is 1. The Morgan fingerprint density at radius 1 is 1.05 bits per heavy atom. The number of alkyl carbamates (subject to hydrolysis) is 1. The van der Waals surface area contributed by atoms with Crippen molar-refractivity contribution in [2.24, 2.45) is 0 Å². The SMILES string of the molecule is CC1(C)OB(C(=Cc2cnc3[nH]c(=O)oc3c2)CNC(=O)OCC2c3ccccc3-c3ccccc32)OC1(C)C. The highest BCUT2D eigenvalue weighted by Crippen LogP contribution is 2.44. The molecule has 1 fully saturated rings. The Morgan fingerprint density at radius 3 is 2.33 bits per heavy atom. The van der Waals surface area contributed by atoms with Gasteiger partial charge in [-0.1, -0.05) is 54.6 Å². The lowest BCUT2D eigenvalue weighted by molar-refractivity contribution is 0.00578. The van der Waals surface area contributed by atoms with Crippen molar-refractivity contribution in [2.75, 3.05) is 13.2 Å². The van der Waals surface area contributed by atoms with Gasteiger partial charge in [0.15, 0.2) is 11.2 Å². The predicted molar refractivity (Wildman–Crippen MR) is 152 cm³/mol. The molecular weight excluding hydrogens is 509 g/mol. The number of H-pyrrole nitrogens is 1. The molecule has 0 bridgehead atoms. The first kappa shape index (κ1) is 26.1. The van der Waals surface area contributed by atoms with Crippen LogP contribution in [0.3, 0.4) is 0 Å². The maximum atomic E-state index is 12.9. The molecule has 0 saturated carbocycles. The highest BCUT2D eigenvalue weighted by atomic mass is 16.7. The number of benzene rings is 2. The number of fused-ring (bicyclic) bond motifs is 4. The van der Waals surface area contributed by atoms with E-state index in [0.29, 0.717) is 22.3 Å². The number of carbonyl (C=O) groups excluding carboxylic acids is 1. The van der Waals surface area contributed by atoms with Crippen molar-refractivity contribution in [2.45, 2.75) is 44.8 Å². The molecule has 2 aromatic heterocycles. The van der Waals surface area contributed by atoms with E-state index in [2.05, 4.69) is 39.6 Å². The highest BCUT2D eigenvalue weighted by molar-refractivity contribution is 6.56.